The van der Waals surface area contributed by atoms with Crippen LogP contribution in [0.4, 0.5) is 17.6 Å². The first kappa shape index (κ1) is 17.4. The first-order valence-corrected chi connectivity index (χ1v) is 7.56. The van der Waals surface area contributed by atoms with E-state index in [0.717, 1.165) is 0 Å². The lowest BCUT2D eigenvalue weighted by Gasteiger charge is -2.18. The molecule has 5 nitrogen and oxygen atoms in total. The number of hydrogen-bond donors (Lipinski definition) is 1. The molecule has 1 saturated heterocycles. The molecule has 25 heavy (non-hydrogen) atoms. The molecule has 2 atom stereocenters. The molecular formula is C16H15F4N3O2. The maximum atomic E-state index is 13.0. The van der Waals surface area contributed by atoms with Crippen molar-refractivity contribution >= 4 is 5.97 Å². The summed E-state index contributed by atoms with van der Waals surface area (Å²) in [5.74, 6) is -5.18. The summed E-state index contributed by atoms with van der Waals surface area (Å²) in [7, 11) is 0. The molecule has 3 rings (SSSR count). The van der Waals surface area contributed by atoms with Gasteiger partial charge in [0, 0.05) is 25.8 Å². The molecule has 0 amide bonds. The molecule has 1 aromatic heterocycles. The molecule has 0 radical (unpaired) electrons. The maximum Gasteiger partial charge on any atom is 0.393 e. The van der Waals surface area contributed by atoms with E-state index in [4.69, 9.17) is 5.11 Å². The topological polar surface area (TPSA) is 58.4 Å². The first-order chi connectivity index (χ1) is 11.7. The fraction of sp³-hybridized carbons (Fsp3) is 0.375. The molecule has 0 saturated carbocycles. The number of aliphatic carboxylic acids is 1. The Balaban J connectivity index is 1.71. The summed E-state index contributed by atoms with van der Waals surface area (Å²) in [6.07, 6.45) is -2.93. The van der Waals surface area contributed by atoms with E-state index in [-0.39, 0.29) is 25.5 Å². The van der Waals surface area contributed by atoms with Gasteiger partial charge in [-0.3, -0.25) is 9.69 Å². The third-order valence-electron chi connectivity index (χ3n) is 4.25. The van der Waals surface area contributed by atoms with Crippen LogP contribution in [0.3, 0.4) is 0 Å². The lowest BCUT2D eigenvalue weighted by Crippen LogP contribution is -2.33. The fourth-order valence-corrected chi connectivity index (χ4v) is 3.01. The number of alkyl halides is 3. The molecule has 0 spiro atoms. The highest BCUT2D eigenvalue weighted by Gasteiger charge is 2.52. The van der Waals surface area contributed by atoms with Crippen molar-refractivity contribution in [3.63, 3.8) is 0 Å². The van der Waals surface area contributed by atoms with E-state index < -0.39 is 24.0 Å². The van der Waals surface area contributed by atoms with Gasteiger partial charge in [-0.1, -0.05) is 0 Å². The molecule has 1 aliphatic heterocycles. The van der Waals surface area contributed by atoms with E-state index in [1.165, 1.54) is 33.8 Å². The summed E-state index contributed by atoms with van der Waals surface area (Å²) in [6, 6.07) is 7.26. The number of carboxylic acid groups (broad SMARTS) is 1. The van der Waals surface area contributed by atoms with Crippen LogP contribution in [0.15, 0.2) is 36.5 Å². The van der Waals surface area contributed by atoms with E-state index in [0.29, 0.717) is 11.4 Å². The van der Waals surface area contributed by atoms with E-state index in [2.05, 4.69) is 5.10 Å². The van der Waals surface area contributed by atoms with Gasteiger partial charge in [0.15, 0.2) is 0 Å². The van der Waals surface area contributed by atoms with Crippen molar-refractivity contribution < 1.29 is 27.5 Å². The van der Waals surface area contributed by atoms with Crippen LogP contribution in [0.1, 0.15) is 5.69 Å². The zero-order chi connectivity index (χ0) is 18.2. The molecule has 2 aromatic rings. The molecule has 2 heterocycles. The average molecular weight is 357 g/mol. The molecule has 1 fully saturated rings. The van der Waals surface area contributed by atoms with Gasteiger partial charge in [0.1, 0.15) is 5.82 Å². The van der Waals surface area contributed by atoms with Gasteiger partial charge in [0.05, 0.1) is 23.2 Å². The molecule has 9 heteroatoms. The third-order valence-corrected chi connectivity index (χ3v) is 4.25. The third kappa shape index (κ3) is 3.81. The number of hydrogen-bond acceptors (Lipinski definition) is 3. The summed E-state index contributed by atoms with van der Waals surface area (Å²) >= 11 is 0. The summed E-state index contributed by atoms with van der Waals surface area (Å²) in [6.45, 7) is -0.433. The molecule has 1 N–H and O–H groups in total. The number of halogens is 4. The number of nitrogens with zero attached hydrogens (tertiary/aromatic N) is 3. The second-order valence-corrected chi connectivity index (χ2v) is 6.01. The Labute approximate surface area is 140 Å². The van der Waals surface area contributed by atoms with E-state index in [1.54, 1.807) is 12.3 Å². The second-order valence-electron chi connectivity index (χ2n) is 6.01. The van der Waals surface area contributed by atoms with Crippen LogP contribution in [0.25, 0.3) is 5.69 Å². The number of carboxylic acids is 1. The van der Waals surface area contributed by atoms with Crippen molar-refractivity contribution in [1.29, 1.82) is 0 Å². The van der Waals surface area contributed by atoms with Gasteiger partial charge in [-0.05, 0) is 30.3 Å². The van der Waals surface area contributed by atoms with Crippen LogP contribution in [0.5, 0.6) is 0 Å². The summed E-state index contributed by atoms with van der Waals surface area (Å²) < 4.78 is 53.4. The van der Waals surface area contributed by atoms with Crippen LogP contribution in [0.2, 0.25) is 0 Å². The van der Waals surface area contributed by atoms with Crippen LogP contribution in [0, 0.1) is 17.7 Å². The Morgan fingerprint density at radius 3 is 2.44 bits per heavy atom. The Morgan fingerprint density at radius 1 is 1.20 bits per heavy atom. The minimum Gasteiger partial charge on any atom is -0.481 e. The fourth-order valence-electron chi connectivity index (χ4n) is 3.01. The standard InChI is InChI=1S/C16H15F4N3O2/c17-10-1-3-12(4-2-10)23-6-5-11(21-23)7-22-8-13(15(24)25)14(9-22)16(18,19)20/h1-6,13-14H,7-9H2,(H,24,25)/t13-,14-/m1/s1. The normalized spacial score (nSPS) is 21.6. The van der Waals surface area contributed by atoms with Gasteiger partial charge in [0.25, 0.3) is 0 Å². The highest BCUT2D eigenvalue weighted by atomic mass is 19.4. The van der Waals surface area contributed by atoms with E-state index in [9.17, 15) is 22.4 Å². The Hall–Kier alpha value is -2.42. The highest BCUT2D eigenvalue weighted by molar-refractivity contribution is 5.71. The average Bonchev–Trinajstić information content (AvgIpc) is 3.15. The number of rotatable bonds is 4. The minimum atomic E-state index is -4.55. The zero-order valence-corrected chi connectivity index (χ0v) is 12.9. The summed E-state index contributed by atoms with van der Waals surface area (Å²) in [4.78, 5) is 12.5. The van der Waals surface area contributed by atoms with Gasteiger partial charge >= 0.3 is 12.1 Å². The number of aromatic nitrogens is 2. The smallest absolute Gasteiger partial charge is 0.393 e. The lowest BCUT2D eigenvalue weighted by molar-refractivity contribution is -0.188. The van der Waals surface area contributed by atoms with E-state index >= 15 is 0 Å². The van der Waals surface area contributed by atoms with Crippen LogP contribution in [-0.4, -0.2) is 45.0 Å². The van der Waals surface area contributed by atoms with Crippen LogP contribution < -0.4 is 0 Å². The SMILES string of the molecule is O=C(O)[C@@H]1CN(Cc2ccn(-c3ccc(F)cc3)n2)C[C@H]1C(F)(F)F. The molecule has 134 valence electrons. The quantitative estimate of drug-likeness (QED) is 0.855. The van der Waals surface area contributed by atoms with Gasteiger partial charge < -0.3 is 5.11 Å². The van der Waals surface area contributed by atoms with Crippen molar-refractivity contribution in [3.05, 3.63) is 48.0 Å². The molecule has 1 aromatic carbocycles. The maximum absolute atomic E-state index is 13.0. The van der Waals surface area contributed by atoms with Crippen molar-refractivity contribution in [3.8, 4) is 5.69 Å². The van der Waals surface area contributed by atoms with Gasteiger partial charge in [-0.15, -0.1) is 0 Å². The molecule has 1 aliphatic rings. The molecule has 0 bridgehead atoms. The van der Waals surface area contributed by atoms with Gasteiger partial charge in [-0.2, -0.15) is 18.3 Å². The Morgan fingerprint density at radius 2 is 1.88 bits per heavy atom. The second kappa shape index (κ2) is 6.47. The predicted octanol–water partition coefficient (Wildman–Crippen LogP) is 2.71. The largest absolute Gasteiger partial charge is 0.481 e. The lowest BCUT2D eigenvalue weighted by atomic mass is 9.96. The summed E-state index contributed by atoms with van der Waals surface area (Å²) in [5.41, 5.74) is 1.13. The number of benzene rings is 1. The van der Waals surface area contributed by atoms with Crippen LogP contribution in [-0.2, 0) is 11.3 Å². The van der Waals surface area contributed by atoms with Crippen LogP contribution >= 0.6 is 0 Å². The number of carbonyl (C=O) groups is 1. The highest BCUT2D eigenvalue weighted by Crippen LogP contribution is 2.38. The molecule has 0 unspecified atom stereocenters. The van der Waals surface area contributed by atoms with Crippen molar-refractivity contribution in [1.82, 2.24) is 14.7 Å². The monoisotopic (exact) mass is 357 g/mol. The summed E-state index contributed by atoms with van der Waals surface area (Å²) in [5, 5.41) is 13.3. The molecular weight excluding hydrogens is 342 g/mol. The van der Waals surface area contributed by atoms with E-state index in [1.807, 2.05) is 0 Å². The Kier molecular flexibility index (Phi) is 4.51. The molecule has 0 aliphatic carbocycles. The number of likely N-dealkylation sites (tertiary alicyclic amines) is 1. The van der Waals surface area contributed by atoms with Gasteiger partial charge in [0.2, 0.25) is 0 Å². The minimum absolute atomic E-state index is 0.116. The first-order valence-electron chi connectivity index (χ1n) is 7.56. The Bertz CT molecular complexity index is 757. The van der Waals surface area contributed by atoms with Crippen molar-refractivity contribution in [2.45, 2.75) is 12.7 Å². The van der Waals surface area contributed by atoms with Crippen molar-refractivity contribution in [2.24, 2.45) is 11.8 Å². The van der Waals surface area contributed by atoms with Gasteiger partial charge in [-0.25, -0.2) is 9.07 Å². The zero-order valence-electron chi connectivity index (χ0n) is 12.9. The van der Waals surface area contributed by atoms with Crippen molar-refractivity contribution in [2.75, 3.05) is 13.1 Å². The predicted molar refractivity (Wildman–Crippen MR) is 79.5 cm³/mol.